The molecule has 28 heavy (non-hydrogen) atoms. The van der Waals surface area contributed by atoms with Gasteiger partial charge in [0.1, 0.15) is 11.4 Å². The van der Waals surface area contributed by atoms with E-state index in [1.165, 1.54) is 11.1 Å². The second-order valence-corrected chi connectivity index (χ2v) is 8.36. The standard InChI is InChI=1S/C21H30N6O/c1-26(2)17-10-16(24-11-17)12-27-20(22)18(21(23)28)19(25-27)15-8-7-13-5-3-4-6-14(13)9-15/h3-6,15-17,24H,7-12,22H2,1-2H3,(H2,23,28)/t15-,16+,17?/m1/s1. The van der Waals surface area contributed by atoms with Crippen LogP contribution in [0.1, 0.15) is 45.9 Å². The van der Waals surface area contributed by atoms with Gasteiger partial charge >= 0.3 is 0 Å². The number of aryl methyl sites for hydroxylation is 1. The van der Waals surface area contributed by atoms with E-state index in [-0.39, 0.29) is 12.0 Å². The molecule has 0 spiro atoms. The summed E-state index contributed by atoms with van der Waals surface area (Å²) in [6, 6.07) is 9.28. The highest BCUT2D eigenvalue weighted by Crippen LogP contribution is 2.35. The van der Waals surface area contributed by atoms with Crippen molar-refractivity contribution < 1.29 is 4.79 Å². The van der Waals surface area contributed by atoms with Crippen LogP contribution in [0.4, 0.5) is 5.82 Å². The summed E-state index contributed by atoms with van der Waals surface area (Å²) in [5, 5.41) is 8.34. The average molecular weight is 383 g/mol. The van der Waals surface area contributed by atoms with Crippen molar-refractivity contribution in [3.05, 3.63) is 46.6 Å². The first kappa shape index (κ1) is 19.0. The Morgan fingerprint density at radius 1 is 1.32 bits per heavy atom. The molecule has 1 aliphatic heterocycles. The minimum Gasteiger partial charge on any atom is -0.383 e. The highest BCUT2D eigenvalue weighted by molar-refractivity contribution is 5.98. The minimum atomic E-state index is -0.483. The van der Waals surface area contributed by atoms with E-state index in [1.807, 2.05) is 0 Å². The second kappa shape index (κ2) is 7.56. The lowest BCUT2D eigenvalue weighted by Gasteiger charge is -2.23. The van der Waals surface area contributed by atoms with Crippen molar-refractivity contribution >= 4 is 11.7 Å². The van der Waals surface area contributed by atoms with Gasteiger partial charge in [-0.2, -0.15) is 5.10 Å². The molecule has 1 aromatic heterocycles. The zero-order valence-electron chi connectivity index (χ0n) is 16.7. The van der Waals surface area contributed by atoms with Gasteiger partial charge in [0.2, 0.25) is 0 Å². The van der Waals surface area contributed by atoms with Gasteiger partial charge < -0.3 is 21.7 Å². The molecule has 0 radical (unpaired) electrons. The molecule has 7 heteroatoms. The Labute approximate surface area is 166 Å². The molecule has 2 aliphatic rings. The number of likely N-dealkylation sites (N-methyl/N-ethyl adjacent to an activating group) is 1. The third-order valence-corrected chi connectivity index (χ3v) is 6.32. The third kappa shape index (κ3) is 3.52. The largest absolute Gasteiger partial charge is 0.383 e. The summed E-state index contributed by atoms with van der Waals surface area (Å²) in [7, 11) is 4.20. The van der Waals surface area contributed by atoms with Crippen molar-refractivity contribution in [2.75, 3.05) is 26.4 Å². The van der Waals surface area contributed by atoms with Crippen LogP contribution in [-0.2, 0) is 19.4 Å². The molecule has 2 aromatic rings. The number of benzene rings is 1. The number of hydrogen-bond donors (Lipinski definition) is 3. The van der Waals surface area contributed by atoms with Gasteiger partial charge in [-0.3, -0.25) is 4.79 Å². The monoisotopic (exact) mass is 382 g/mol. The number of carbonyl (C=O) groups is 1. The number of carbonyl (C=O) groups excluding carboxylic acids is 1. The molecule has 4 rings (SSSR count). The predicted octanol–water partition coefficient (Wildman–Crippen LogP) is 1.13. The van der Waals surface area contributed by atoms with E-state index in [0.717, 1.165) is 37.9 Å². The van der Waals surface area contributed by atoms with Crippen LogP contribution < -0.4 is 16.8 Å². The first-order valence-electron chi connectivity index (χ1n) is 10.1. The number of primary amides is 1. The Kier molecular flexibility index (Phi) is 5.12. The highest BCUT2D eigenvalue weighted by Gasteiger charge is 2.31. The summed E-state index contributed by atoms with van der Waals surface area (Å²) in [6.07, 6.45) is 3.85. The molecular formula is C21H30N6O. The number of fused-ring (bicyclic) bond motifs is 1. The Morgan fingerprint density at radius 2 is 2.07 bits per heavy atom. The normalized spacial score (nSPS) is 24.5. The first-order valence-corrected chi connectivity index (χ1v) is 10.1. The number of nitrogens with zero attached hydrogens (tertiary/aromatic N) is 3. The van der Waals surface area contributed by atoms with Crippen molar-refractivity contribution in [3.8, 4) is 0 Å². The van der Waals surface area contributed by atoms with Crippen LogP contribution in [0, 0.1) is 0 Å². The molecule has 1 aromatic carbocycles. The Bertz CT molecular complexity index is 874. The van der Waals surface area contributed by atoms with Crippen LogP contribution in [0.25, 0.3) is 0 Å². The highest BCUT2D eigenvalue weighted by atomic mass is 16.1. The summed E-state index contributed by atoms with van der Waals surface area (Å²) in [5.41, 5.74) is 15.9. The first-order chi connectivity index (χ1) is 13.4. The molecule has 1 saturated heterocycles. The van der Waals surface area contributed by atoms with Crippen LogP contribution >= 0.6 is 0 Å². The fourth-order valence-corrected chi connectivity index (χ4v) is 4.64. The van der Waals surface area contributed by atoms with Gasteiger partial charge in [-0.1, -0.05) is 24.3 Å². The van der Waals surface area contributed by atoms with Crippen LogP contribution in [0.3, 0.4) is 0 Å². The molecule has 1 aliphatic carbocycles. The summed E-state index contributed by atoms with van der Waals surface area (Å²) >= 11 is 0. The minimum absolute atomic E-state index is 0.173. The van der Waals surface area contributed by atoms with Crippen LogP contribution in [0.15, 0.2) is 24.3 Å². The van der Waals surface area contributed by atoms with Gasteiger partial charge in [0.15, 0.2) is 0 Å². The lowest BCUT2D eigenvalue weighted by Crippen LogP contribution is -2.29. The molecule has 7 nitrogen and oxygen atoms in total. The molecule has 1 amide bonds. The maximum Gasteiger partial charge on any atom is 0.254 e. The van der Waals surface area contributed by atoms with Crippen molar-refractivity contribution in [1.82, 2.24) is 20.0 Å². The number of aromatic nitrogens is 2. The molecule has 0 saturated carbocycles. The maximum atomic E-state index is 12.2. The summed E-state index contributed by atoms with van der Waals surface area (Å²) in [5.74, 6) is 0.0895. The average Bonchev–Trinajstić information content (AvgIpc) is 3.27. The van der Waals surface area contributed by atoms with E-state index < -0.39 is 5.91 Å². The quantitative estimate of drug-likeness (QED) is 0.719. The molecule has 2 heterocycles. The van der Waals surface area contributed by atoms with Crippen molar-refractivity contribution in [2.45, 2.75) is 50.2 Å². The SMILES string of the molecule is CN(C)C1CN[C@H](Cn2nc([C@@H]3CCc4ccccc4C3)c(C(N)=O)c2N)C1. The lowest BCUT2D eigenvalue weighted by molar-refractivity contribution is 0.0999. The zero-order valence-corrected chi connectivity index (χ0v) is 16.7. The second-order valence-electron chi connectivity index (χ2n) is 8.36. The van der Waals surface area contributed by atoms with Gasteiger partial charge in [0, 0.05) is 24.5 Å². The van der Waals surface area contributed by atoms with Crippen LogP contribution in [0.5, 0.6) is 0 Å². The molecule has 0 bridgehead atoms. The molecule has 3 atom stereocenters. The van der Waals surface area contributed by atoms with Crippen LogP contribution in [0.2, 0.25) is 0 Å². The third-order valence-electron chi connectivity index (χ3n) is 6.32. The van der Waals surface area contributed by atoms with Gasteiger partial charge in [0.05, 0.1) is 12.2 Å². The van der Waals surface area contributed by atoms with E-state index >= 15 is 0 Å². The number of anilines is 1. The number of nitrogens with one attached hydrogen (secondary N) is 1. The zero-order chi connectivity index (χ0) is 19.8. The summed E-state index contributed by atoms with van der Waals surface area (Å²) < 4.78 is 1.78. The topological polar surface area (TPSA) is 102 Å². The Morgan fingerprint density at radius 3 is 2.75 bits per heavy atom. The van der Waals surface area contributed by atoms with Crippen LogP contribution in [-0.4, -0.2) is 53.3 Å². The van der Waals surface area contributed by atoms with E-state index in [4.69, 9.17) is 16.6 Å². The lowest BCUT2D eigenvalue weighted by atomic mass is 9.81. The van der Waals surface area contributed by atoms with E-state index in [9.17, 15) is 4.79 Å². The number of nitrogen functional groups attached to an aromatic ring is 1. The number of nitrogens with two attached hydrogens (primary N) is 2. The van der Waals surface area contributed by atoms with Crippen molar-refractivity contribution in [3.63, 3.8) is 0 Å². The fraction of sp³-hybridized carbons (Fsp3) is 0.524. The number of rotatable bonds is 5. The molecule has 5 N–H and O–H groups in total. The van der Waals surface area contributed by atoms with Gasteiger partial charge in [0.25, 0.3) is 5.91 Å². The number of hydrogen-bond acceptors (Lipinski definition) is 5. The van der Waals surface area contributed by atoms with Gasteiger partial charge in [-0.15, -0.1) is 0 Å². The molecule has 1 unspecified atom stereocenters. The Balaban J connectivity index is 1.58. The molecular weight excluding hydrogens is 352 g/mol. The molecule has 1 fully saturated rings. The molecule has 150 valence electrons. The summed E-state index contributed by atoms with van der Waals surface area (Å²) in [4.78, 5) is 14.4. The maximum absolute atomic E-state index is 12.2. The van der Waals surface area contributed by atoms with E-state index in [0.29, 0.717) is 24.0 Å². The predicted molar refractivity (Wildman–Crippen MR) is 110 cm³/mol. The van der Waals surface area contributed by atoms with Crippen molar-refractivity contribution in [1.29, 1.82) is 0 Å². The van der Waals surface area contributed by atoms with Crippen molar-refractivity contribution in [2.24, 2.45) is 5.73 Å². The summed E-state index contributed by atoms with van der Waals surface area (Å²) in [6.45, 7) is 1.60. The van der Waals surface area contributed by atoms with Gasteiger partial charge in [-0.25, -0.2) is 4.68 Å². The van der Waals surface area contributed by atoms with E-state index in [1.54, 1.807) is 4.68 Å². The van der Waals surface area contributed by atoms with E-state index in [2.05, 4.69) is 48.6 Å². The van der Waals surface area contributed by atoms with Gasteiger partial charge in [-0.05, 0) is 50.9 Å². The fourth-order valence-electron chi connectivity index (χ4n) is 4.64. The smallest absolute Gasteiger partial charge is 0.254 e. The Hall–Kier alpha value is -2.38. The number of amides is 1.